The second kappa shape index (κ2) is 4.89. The van der Waals surface area contributed by atoms with Crippen molar-refractivity contribution in [3.05, 3.63) is 39.9 Å². The number of nitriles is 1. The largest absolute Gasteiger partial charge is 0.396 e. The van der Waals surface area contributed by atoms with Gasteiger partial charge in [0, 0.05) is 18.0 Å². The minimum absolute atomic E-state index is 0.225. The maximum absolute atomic E-state index is 11.3. The first kappa shape index (κ1) is 12.1. The molecule has 2 heterocycles. The van der Waals surface area contributed by atoms with Crippen LogP contribution in [0.3, 0.4) is 0 Å². The van der Waals surface area contributed by atoms with Crippen LogP contribution in [-0.4, -0.2) is 15.0 Å². The van der Waals surface area contributed by atoms with Gasteiger partial charge in [-0.25, -0.2) is 9.97 Å². The number of aryl methyl sites for hydroxylation is 1. The topological polar surface area (TPSA) is 108 Å². The van der Waals surface area contributed by atoms with E-state index in [0.717, 1.165) is 11.8 Å². The van der Waals surface area contributed by atoms with Gasteiger partial charge in [0.1, 0.15) is 11.1 Å². The number of hydrogen-bond acceptors (Lipinski definition) is 6. The van der Waals surface area contributed by atoms with Gasteiger partial charge in [0.2, 0.25) is 0 Å². The van der Waals surface area contributed by atoms with Crippen LogP contribution in [0.1, 0.15) is 11.3 Å². The monoisotopic (exact) mass is 259 g/mol. The molecule has 0 saturated carbocycles. The van der Waals surface area contributed by atoms with E-state index in [1.54, 1.807) is 6.92 Å². The Hall–Kier alpha value is -2.33. The summed E-state index contributed by atoms with van der Waals surface area (Å²) in [6, 6.07) is 4.89. The minimum Gasteiger partial charge on any atom is -0.396 e. The van der Waals surface area contributed by atoms with Gasteiger partial charge in [0.25, 0.3) is 5.56 Å². The first-order valence-corrected chi connectivity index (χ1v) is 5.81. The van der Waals surface area contributed by atoms with Gasteiger partial charge in [-0.2, -0.15) is 5.26 Å². The van der Waals surface area contributed by atoms with Crippen LogP contribution >= 0.6 is 11.8 Å². The molecule has 0 atom stereocenters. The van der Waals surface area contributed by atoms with E-state index in [1.165, 1.54) is 18.3 Å². The van der Waals surface area contributed by atoms with Crippen molar-refractivity contribution in [2.45, 2.75) is 17.1 Å². The fourth-order valence-electron chi connectivity index (χ4n) is 1.31. The van der Waals surface area contributed by atoms with Gasteiger partial charge in [-0.05, 0) is 24.8 Å². The van der Waals surface area contributed by atoms with E-state index >= 15 is 0 Å². The summed E-state index contributed by atoms with van der Waals surface area (Å²) in [4.78, 5) is 22.1. The fourth-order valence-corrected chi connectivity index (χ4v) is 2.11. The summed E-state index contributed by atoms with van der Waals surface area (Å²) in [5, 5.41) is 9.63. The van der Waals surface area contributed by atoms with Crippen LogP contribution in [0, 0.1) is 18.3 Å². The number of rotatable bonds is 2. The zero-order chi connectivity index (χ0) is 13.1. The molecule has 0 radical (unpaired) electrons. The molecule has 0 aromatic carbocycles. The predicted molar refractivity (Wildman–Crippen MR) is 67.1 cm³/mol. The Morgan fingerprint density at radius 2 is 2.28 bits per heavy atom. The van der Waals surface area contributed by atoms with Crippen molar-refractivity contribution in [3.63, 3.8) is 0 Å². The Labute approximate surface area is 107 Å². The van der Waals surface area contributed by atoms with Gasteiger partial charge >= 0.3 is 0 Å². The lowest BCUT2D eigenvalue weighted by Crippen LogP contribution is -2.08. The summed E-state index contributed by atoms with van der Waals surface area (Å²) in [7, 11) is 0. The van der Waals surface area contributed by atoms with Crippen LogP contribution < -0.4 is 11.3 Å². The number of nitrogens with one attached hydrogen (secondary N) is 1. The Balaban J connectivity index is 2.34. The summed E-state index contributed by atoms with van der Waals surface area (Å²) in [5.74, 6) is 0. The molecule has 2 aromatic heterocycles. The molecule has 0 spiro atoms. The van der Waals surface area contributed by atoms with Gasteiger partial charge < -0.3 is 10.7 Å². The van der Waals surface area contributed by atoms with Crippen LogP contribution in [-0.2, 0) is 0 Å². The molecule has 6 nitrogen and oxygen atoms in total. The predicted octanol–water partition coefficient (Wildman–Crippen LogP) is 1.08. The molecular formula is C11H9N5OS. The van der Waals surface area contributed by atoms with Crippen molar-refractivity contribution in [3.8, 4) is 6.07 Å². The summed E-state index contributed by atoms with van der Waals surface area (Å²) in [6.45, 7) is 1.73. The van der Waals surface area contributed by atoms with Gasteiger partial charge in [-0.15, -0.1) is 0 Å². The molecule has 2 aromatic rings. The summed E-state index contributed by atoms with van der Waals surface area (Å²) in [5.41, 5.74) is 6.93. The highest BCUT2D eigenvalue weighted by Gasteiger charge is 2.07. The molecule has 7 heteroatoms. The Kier molecular flexibility index (Phi) is 3.30. The van der Waals surface area contributed by atoms with E-state index in [9.17, 15) is 4.79 Å². The van der Waals surface area contributed by atoms with Crippen LogP contribution in [0.5, 0.6) is 0 Å². The zero-order valence-electron chi connectivity index (χ0n) is 9.47. The molecule has 18 heavy (non-hydrogen) atoms. The first-order valence-electron chi connectivity index (χ1n) is 5.00. The molecule has 0 bridgehead atoms. The van der Waals surface area contributed by atoms with Gasteiger partial charge in [-0.3, -0.25) is 4.79 Å². The number of nitrogens with two attached hydrogens (primary N) is 1. The number of nitrogen functional groups attached to an aromatic ring is 1. The van der Waals surface area contributed by atoms with Crippen LogP contribution in [0.4, 0.5) is 5.69 Å². The Morgan fingerprint density at radius 1 is 1.50 bits per heavy atom. The molecule has 0 aliphatic carbocycles. The molecule has 3 N–H and O–H groups in total. The van der Waals surface area contributed by atoms with E-state index in [4.69, 9.17) is 11.0 Å². The fraction of sp³-hybridized carbons (Fsp3) is 0.0909. The number of nitrogens with zero attached hydrogens (tertiary/aromatic N) is 3. The SMILES string of the molecule is Cc1cc(=O)[nH]c(Sc2ncc(C#N)cc2N)n1. The third kappa shape index (κ3) is 2.67. The first-order chi connectivity index (χ1) is 8.58. The van der Waals surface area contributed by atoms with E-state index in [2.05, 4.69) is 15.0 Å². The van der Waals surface area contributed by atoms with Gasteiger partial charge in [0.15, 0.2) is 5.16 Å². The van der Waals surface area contributed by atoms with Crippen molar-refractivity contribution < 1.29 is 0 Å². The van der Waals surface area contributed by atoms with Crippen molar-refractivity contribution in [2.75, 3.05) is 5.73 Å². The van der Waals surface area contributed by atoms with E-state index in [-0.39, 0.29) is 5.56 Å². The quantitative estimate of drug-likeness (QED) is 0.781. The highest BCUT2D eigenvalue weighted by atomic mass is 32.2. The summed E-state index contributed by atoms with van der Waals surface area (Å²) < 4.78 is 0. The normalized spacial score (nSPS) is 10.0. The lowest BCUT2D eigenvalue weighted by molar-refractivity contribution is 0.902. The second-order valence-corrected chi connectivity index (χ2v) is 4.50. The molecule has 0 aliphatic heterocycles. The van der Waals surface area contributed by atoms with Crippen molar-refractivity contribution in [1.82, 2.24) is 15.0 Å². The number of pyridine rings is 1. The minimum atomic E-state index is -0.225. The van der Waals surface area contributed by atoms with Crippen molar-refractivity contribution >= 4 is 17.4 Å². The molecule has 0 unspecified atom stereocenters. The summed E-state index contributed by atoms with van der Waals surface area (Å²) in [6.07, 6.45) is 1.42. The van der Waals surface area contributed by atoms with Crippen LogP contribution in [0.25, 0.3) is 0 Å². The van der Waals surface area contributed by atoms with E-state index in [1.807, 2.05) is 6.07 Å². The van der Waals surface area contributed by atoms with Crippen LogP contribution in [0.2, 0.25) is 0 Å². The third-order valence-corrected chi connectivity index (χ3v) is 2.97. The number of aromatic nitrogens is 3. The number of hydrogen-bond donors (Lipinski definition) is 2. The standard InChI is InChI=1S/C11H9N5OS/c1-6-2-9(17)16-11(15-6)18-10-8(13)3-7(4-12)5-14-10/h2-3,5H,13H2,1H3,(H,15,16,17). The average Bonchev–Trinajstić information content (AvgIpc) is 2.30. The Morgan fingerprint density at radius 3 is 2.89 bits per heavy atom. The molecular weight excluding hydrogens is 250 g/mol. The van der Waals surface area contributed by atoms with E-state index < -0.39 is 0 Å². The molecule has 90 valence electrons. The lowest BCUT2D eigenvalue weighted by Gasteiger charge is -2.04. The van der Waals surface area contributed by atoms with Gasteiger partial charge in [-0.1, -0.05) is 0 Å². The lowest BCUT2D eigenvalue weighted by atomic mass is 10.3. The van der Waals surface area contributed by atoms with Crippen molar-refractivity contribution in [2.24, 2.45) is 0 Å². The maximum Gasteiger partial charge on any atom is 0.251 e. The second-order valence-electron chi connectivity index (χ2n) is 3.52. The molecule has 2 rings (SSSR count). The molecule has 0 amide bonds. The van der Waals surface area contributed by atoms with Gasteiger partial charge in [0.05, 0.1) is 11.3 Å². The van der Waals surface area contributed by atoms with E-state index in [0.29, 0.717) is 27.1 Å². The molecule has 0 aliphatic rings. The van der Waals surface area contributed by atoms with Crippen molar-refractivity contribution in [1.29, 1.82) is 5.26 Å². The van der Waals surface area contributed by atoms with Crippen LogP contribution in [0.15, 0.2) is 33.3 Å². The number of aromatic amines is 1. The summed E-state index contributed by atoms with van der Waals surface area (Å²) >= 11 is 1.15. The maximum atomic E-state index is 11.3. The molecule has 0 saturated heterocycles. The zero-order valence-corrected chi connectivity index (χ0v) is 10.3. The Bertz CT molecular complexity index is 689. The number of H-pyrrole nitrogens is 1. The average molecular weight is 259 g/mol. The highest BCUT2D eigenvalue weighted by Crippen LogP contribution is 2.27. The highest BCUT2D eigenvalue weighted by molar-refractivity contribution is 7.99. The smallest absolute Gasteiger partial charge is 0.251 e. The third-order valence-electron chi connectivity index (χ3n) is 2.05. The molecule has 0 fully saturated rings. The number of anilines is 1.